The van der Waals surface area contributed by atoms with Gasteiger partial charge in [-0.05, 0) is 30.7 Å². The Morgan fingerprint density at radius 2 is 2.00 bits per heavy atom. The number of nitrogens with zero attached hydrogens (tertiary/aromatic N) is 2. The first kappa shape index (κ1) is 17.3. The van der Waals surface area contributed by atoms with E-state index in [-0.39, 0.29) is 21.8 Å². The van der Waals surface area contributed by atoms with Crippen molar-refractivity contribution in [2.24, 2.45) is 0 Å². The molecule has 0 aromatic heterocycles. The maximum atomic E-state index is 13.7. The Morgan fingerprint density at radius 1 is 1.33 bits per heavy atom. The second-order valence-electron chi connectivity index (χ2n) is 4.80. The standard InChI is InChI=1S/C14H10FN3O5S/c1-8-4-10(2-3-14(8)24(21,22)23)17-12-6-11(15)9(7-16)5-13(12)18(19)20/h2-6,17H,1H3,(H,21,22,23). The fourth-order valence-electron chi connectivity index (χ4n) is 2.07. The van der Waals surface area contributed by atoms with Gasteiger partial charge in [0.2, 0.25) is 0 Å². The number of nitro groups is 1. The van der Waals surface area contributed by atoms with Gasteiger partial charge in [-0.15, -0.1) is 0 Å². The molecule has 2 aromatic carbocycles. The molecule has 0 aliphatic heterocycles. The largest absolute Gasteiger partial charge is 0.350 e. The van der Waals surface area contributed by atoms with Gasteiger partial charge in [-0.2, -0.15) is 13.7 Å². The highest BCUT2D eigenvalue weighted by Crippen LogP contribution is 2.31. The molecule has 0 amide bonds. The Hall–Kier alpha value is -3.03. The molecule has 0 bridgehead atoms. The van der Waals surface area contributed by atoms with Gasteiger partial charge in [0.15, 0.2) is 0 Å². The zero-order valence-corrected chi connectivity index (χ0v) is 13.0. The number of nitro benzene ring substituents is 1. The molecule has 2 aromatic rings. The maximum Gasteiger partial charge on any atom is 0.294 e. The lowest BCUT2D eigenvalue weighted by molar-refractivity contribution is -0.384. The number of nitrogens with one attached hydrogen (secondary N) is 1. The molecule has 2 rings (SSSR count). The quantitative estimate of drug-likeness (QED) is 0.491. The predicted molar refractivity (Wildman–Crippen MR) is 82.0 cm³/mol. The van der Waals surface area contributed by atoms with Crippen LogP contribution in [0.3, 0.4) is 0 Å². The van der Waals surface area contributed by atoms with Crippen molar-refractivity contribution < 1.29 is 22.3 Å². The van der Waals surface area contributed by atoms with Gasteiger partial charge in [-0.3, -0.25) is 14.7 Å². The highest BCUT2D eigenvalue weighted by Gasteiger charge is 2.19. The molecule has 8 nitrogen and oxygen atoms in total. The Morgan fingerprint density at radius 3 is 2.50 bits per heavy atom. The van der Waals surface area contributed by atoms with Crippen molar-refractivity contribution in [3.8, 4) is 6.07 Å². The van der Waals surface area contributed by atoms with Crippen LogP contribution >= 0.6 is 0 Å². The fraction of sp³-hybridized carbons (Fsp3) is 0.0714. The van der Waals surface area contributed by atoms with E-state index in [2.05, 4.69) is 5.32 Å². The zero-order chi connectivity index (χ0) is 18.1. The van der Waals surface area contributed by atoms with Crippen molar-refractivity contribution in [2.75, 3.05) is 5.32 Å². The van der Waals surface area contributed by atoms with Crippen molar-refractivity contribution in [3.63, 3.8) is 0 Å². The zero-order valence-electron chi connectivity index (χ0n) is 12.1. The van der Waals surface area contributed by atoms with Crippen LogP contribution in [0, 0.1) is 34.2 Å². The smallest absolute Gasteiger partial charge is 0.294 e. The summed E-state index contributed by atoms with van der Waals surface area (Å²) in [4.78, 5) is 9.98. The van der Waals surface area contributed by atoms with Crippen molar-refractivity contribution in [1.29, 1.82) is 5.26 Å². The molecule has 24 heavy (non-hydrogen) atoms. The molecular weight excluding hydrogens is 341 g/mol. The SMILES string of the molecule is Cc1cc(Nc2cc(F)c(C#N)cc2[N+](=O)[O-])ccc1S(=O)(=O)O. The molecule has 0 heterocycles. The first-order chi connectivity index (χ1) is 11.1. The lowest BCUT2D eigenvalue weighted by Gasteiger charge is -2.10. The summed E-state index contributed by atoms with van der Waals surface area (Å²) in [6.45, 7) is 1.42. The van der Waals surface area contributed by atoms with Crippen molar-refractivity contribution in [3.05, 3.63) is 57.4 Å². The van der Waals surface area contributed by atoms with Crippen LogP contribution in [0.15, 0.2) is 35.2 Å². The van der Waals surface area contributed by atoms with E-state index >= 15 is 0 Å². The van der Waals surface area contributed by atoms with Gasteiger partial charge in [-0.25, -0.2) is 4.39 Å². The molecular formula is C14H10FN3O5S. The summed E-state index contributed by atoms with van der Waals surface area (Å²) < 4.78 is 45.0. The van der Waals surface area contributed by atoms with E-state index in [4.69, 9.17) is 9.81 Å². The molecule has 0 unspecified atom stereocenters. The van der Waals surface area contributed by atoms with E-state index in [1.807, 2.05) is 0 Å². The van der Waals surface area contributed by atoms with E-state index in [0.717, 1.165) is 18.2 Å². The maximum absolute atomic E-state index is 13.7. The summed E-state index contributed by atoms with van der Waals surface area (Å²) in [6, 6.07) is 6.82. The third-order valence-corrected chi connectivity index (χ3v) is 4.15. The van der Waals surface area contributed by atoms with E-state index in [1.165, 1.54) is 25.1 Å². The average molecular weight is 351 g/mol. The highest BCUT2D eigenvalue weighted by atomic mass is 32.2. The van der Waals surface area contributed by atoms with Gasteiger partial charge in [0.05, 0.1) is 15.4 Å². The number of halogens is 1. The van der Waals surface area contributed by atoms with Crippen LogP contribution in [0.25, 0.3) is 0 Å². The molecule has 0 spiro atoms. The third-order valence-electron chi connectivity index (χ3n) is 3.13. The number of anilines is 2. The van der Waals surface area contributed by atoms with Crippen molar-refractivity contribution >= 4 is 27.2 Å². The molecule has 0 radical (unpaired) electrons. The van der Waals surface area contributed by atoms with Gasteiger partial charge in [0.25, 0.3) is 15.8 Å². The molecule has 0 aliphatic carbocycles. The first-order valence-electron chi connectivity index (χ1n) is 6.36. The van der Waals surface area contributed by atoms with Gasteiger partial charge in [0, 0.05) is 17.8 Å². The van der Waals surface area contributed by atoms with Crippen LogP contribution in [-0.4, -0.2) is 17.9 Å². The predicted octanol–water partition coefficient (Wildman–Crippen LogP) is 2.90. The second kappa shape index (κ2) is 6.23. The van der Waals surface area contributed by atoms with Crippen molar-refractivity contribution in [1.82, 2.24) is 0 Å². The van der Waals surface area contributed by atoms with Crippen LogP contribution in [0.2, 0.25) is 0 Å². The van der Waals surface area contributed by atoms with Crippen LogP contribution in [0.4, 0.5) is 21.5 Å². The molecule has 0 fully saturated rings. The summed E-state index contributed by atoms with van der Waals surface area (Å²) in [5.74, 6) is -0.933. The van der Waals surface area contributed by atoms with Crippen LogP contribution < -0.4 is 5.32 Å². The summed E-state index contributed by atoms with van der Waals surface area (Å²) in [5.41, 5.74) is -0.739. The van der Waals surface area contributed by atoms with E-state index in [1.54, 1.807) is 0 Å². The van der Waals surface area contributed by atoms with E-state index < -0.39 is 32.1 Å². The number of rotatable bonds is 4. The Kier molecular flexibility index (Phi) is 4.50. The van der Waals surface area contributed by atoms with Crippen LogP contribution in [0.1, 0.15) is 11.1 Å². The normalized spacial score (nSPS) is 10.9. The first-order valence-corrected chi connectivity index (χ1v) is 7.80. The minimum absolute atomic E-state index is 0.194. The molecule has 124 valence electrons. The van der Waals surface area contributed by atoms with E-state index in [9.17, 15) is 22.9 Å². The van der Waals surface area contributed by atoms with Crippen LogP contribution in [-0.2, 0) is 10.1 Å². The summed E-state index contributed by atoms with van der Waals surface area (Å²) in [7, 11) is -4.39. The minimum atomic E-state index is -4.39. The molecule has 0 saturated heterocycles. The molecule has 0 aliphatic rings. The fourth-order valence-corrected chi connectivity index (χ4v) is 2.78. The number of nitriles is 1. The molecule has 0 atom stereocenters. The lowest BCUT2D eigenvalue weighted by atomic mass is 10.1. The van der Waals surface area contributed by atoms with E-state index in [0.29, 0.717) is 0 Å². The Balaban J connectivity index is 2.49. The summed E-state index contributed by atoms with van der Waals surface area (Å²) in [6.07, 6.45) is 0. The highest BCUT2D eigenvalue weighted by molar-refractivity contribution is 7.85. The Bertz CT molecular complexity index is 983. The second-order valence-corrected chi connectivity index (χ2v) is 6.19. The van der Waals surface area contributed by atoms with Gasteiger partial charge in [-0.1, -0.05) is 0 Å². The number of hydrogen-bond donors (Lipinski definition) is 2. The Labute approximate surface area is 136 Å². The van der Waals surface area contributed by atoms with Crippen molar-refractivity contribution in [2.45, 2.75) is 11.8 Å². The number of aryl methyl sites for hydroxylation is 1. The lowest BCUT2D eigenvalue weighted by Crippen LogP contribution is -2.03. The minimum Gasteiger partial charge on any atom is -0.350 e. The third kappa shape index (κ3) is 3.48. The molecule has 0 saturated carbocycles. The van der Waals surface area contributed by atoms with Gasteiger partial charge >= 0.3 is 0 Å². The molecule has 2 N–H and O–H groups in total. The number of hydrogen-bond acceptors (Lipinski definition) is 6. The average Bonchev–Trinajstić information content (AvgIpc) is 2.45. The van der Waals surface area contributed by atoms with Gasteiger partial charge < -0.3 is 5.32 Å². The number of benzene rings is 2. The summed E-state index contributed by atoms with van der Waals surface area (Å²) in [5, 5.41) is 22.4. The topological polar surface area (TPSA) is 133 Å². The van der Waals surface area contributed by atoms with Gasteiger partial charge in [0.1, 0.15) is 17.6 Å². The molecule has 10 heteroatoms. The van der Waals surface area contributed by atoms with Crippen LogP contribution in [0.5, 0.6) is 0 Å². The monoisotopic (exact) mass is 351 g/mol. The summed E-state index contributed by atoms with van der Waals surface area (Å²) >= 11 is 0.